The molecule has 0 aromatic carbocycles. The van der Waals surface area contributed by atoms with Crippen LogP contribution < -0.4 is 5.32 Å². The normalized spacial score (nSPS) is 15.3. The number of carbonyl (C=O) groups excluding carboxylic acids is 2. The minimum Gasteiger partial charge on any atom is -0.333 e. The highest BCUT2D eigenvalue weighted by molar-refractivity contribution is 5.94. The number of likely N-dealkylation sites (tertiary alicyclic amines) is 1. The van der Waals surface area contributed by atoms with Crippen molar-refractivity contribution in [2.75, 3.05) is 18.4 Å². The van der Waals surface area contributed by atoms with Gasteiger partial charge in [0.15, 0.2) is 5.82 Å². The Hall–Kier alpha value is -2.70. The number of anilines is 1. The molecule has 3 rings (SSSR count). The number of amides is 2. The number of nitrogens with zero attached hydrogens (tertiary/aromatic N) is 4. The third-order valence-corrected chi connectivity index (χ3v) is 3.78. The molecule has 0 unspecified atom stereocenters. The molecule has 7 heteroatoms. The third-order valence-electron chi connectivity index (χ3n) is 3.78. The van der Waals surface area contributed by atoms with Gasteiger partial charge in [-0.25, -0.2) is 4.98 Å². The van der Waals surface area contributed by atoms with Crippen LogP contribution in [0.3, 0.4) is 0 Å². The van der Waals surface area contributed by atoms with Crippen molar-refractivity contribution in [2.45, 2.75) is 25.7 Å². The van der Waals surface area contributed by atoms with Gasteiger partial charge in [-0.3, -0.25) is 9.59 Å². The molecule has 2 amide bonds. The molecule has 1 N–H and O–H groups in total. The maximum absolute atomic E-state index is 12.3. The Labute approximate surface area is 134 Å². The second-order valence-electron chi connectivity index (χ2n) is 5.49. The van der Waals surface area contributed by atoms with Crippen molar-refractivity contribution < 1.29 is 9.59 Å². The highest BCUT2D eigenvalue weighted by atomic mass is 16.2. The fraction of sp³-hybridized carbons (Fsp3) is 0.375. The maximum Gasteiger partial charge on any atom is 0.245 e. The van der Waals surface area contributed by atoms with E-state index in [-0.39, 0.29) is 18.4 Å². The minimum atomic E-state index is -0.224. The average Bonchev–Trinajstić information content (AvgIpc) is 2.92. The van der Waals surface area contributed by atoms with E-state index in [2.05, 4.69) is 15.4 Å². The Kier molecular flexibility index (Phi) is 4.65. The van der Waals surface area contributed by atoms with Crippen molar-refractivity contribution in [3.05, 3.63) is 36.7 Å². The fourth-order valence-electron chi connectivity index (χ4n) is 2.62. The van der Waals surface area contributed by atoms with Crippen LogP contribution in [-0.2, 0) is 9.59 Å². The summed E-state index contributed by atoms with van der Waals surface area (Å²) in [4.78, 5) is 30.1. The highest BCUT2D eigenvalue weighted by Gasteiger charge is 2.20. The lowest BCUT2D eigenvalue weighted by atomic mass is 10.2. The van der Waals surface area contributed by atoms with E-state index in [1.165, 1.54) is 0 Å². The van der Waals surface area contributed by atoms with Gasteiger partial charge in [0.2, 0.25) is 11.8 Å². The molecule has 0 atom stereocenters. The van der Waals surface area contributed by atoms with Crippen LogP contribution in [-0.4, -0.2) is 44.6 Å². The van der Waals surface area contributed by atoms with Crippen LogP contribution in [0.5, 0.6) is 0 Å². The van der Waals surface area contributed by atoms with Gasteiger partial charge in [-0.05, 0) is 25.0 Å². The zero-order valence-electron chi connectivity index (χ0n) is 12.8. The summed E-state index contributed by atoms with van der Waals surface area (Å²) >= 11 is 0. The van der Waals surface area contributed by atoms with Crippen molar-refractivity contribution in [3.63, 3.8) is 0 Å². The minimum absolute atomic E-state index is 0.0517. The predicted octanol–water partition coefficient (Wildman–Crippen LogP) is 1.61. The van der Waals surface area contributed by atoms with Crippen molar-refractivity contribution in [3.8, 4) is 5.82 Å². The first-order valence-corrected chi connectivity index (χ1v) is 7.77. The molecule has 2 aromatic rings. The number of carbonyl (C=O) groups is 2. The zero-order chi connectivity index (χ0) is 16.1. The van der Waals surface area contributed by atoms with E-state index in [4.69, 9.17) is 0 Å². The smallest absolute Gasteiger partial charge is 0.245 e. The number of rotatable bonds is 4. The summed E-state index contributed by atoms with van der Waals surface area (Å²) in [5.74, 6) is 0.989. The summed E-state index contributed by atoms with van der Waals surface area (Å²) in [6.45, 7) is 0.720. The molecular formula is C16H19N5O2. The van der Waals surface area contributed by atoms with Crippen LogP contribution in [0.4, 0.5) is 5.82 Å². The fourth-order valence-corrected chi connectivity index (χ4v) is 2.62. The molecule has 1 saturated heterocycles. The van der Waals surface area contributed by atoms with E-state index in [9.17, 15) is 9.59 Å². The Bertz CT molecular complexity index is 683. The predicted molar refractivity (Wildman–Crippen MR) is 85.0 cm³/mol. The molecule has 3 heterocycles. The number of nitrogens with one attached hydrogen (secondary N) is 1. The lowest BCUT2D eigenvalue weighted by Crippen LogP contribution is -2.37. The second-order valence-corrected chi connectivity index (χ2v) is 5.49. The molecule has 120 valence electrons. The van der Waals surface area contributed by atoms with Crippen molar-refractivity contribution in [2.24, 2.45) is 0 Å². The van der Waals surface area contributed by atoms with Gasteiger partial charge in [-0.2, -0.15) is 9.78 Å². The number of pyridine rings is 1. The summed E-state index contributed by atoms with van der Waals surface area (Å²) < 4.78 is 1.56. The maximum atomic E-state index is 12.3. The van der Waals surface area contributed by atoms with Crippen LogP contribution in [0.1, 0.15) is 25.7 Å². The molecular weight excluding hydrogens is 294 g/mol. The van der Waals surface area contributed by atoms with E-state index >= 15 is 0 Å². The Morgan fingerprint density at radius 3 is 2.91 bits per heavy atom. The molecule has 0 aliphatic carbocycles. The molecule has 1 aliphatic rings. The largest absolute Gasteiger partial charge is 0.333 e. The monoisotopic (exact) mass is 313 g/mol. The Morgan fingerprint density at radius 2 is 2.09 bits per heavy atom. The van der Waals surface area contributed by atoms with Gasteiger partial charge in [0.25, 0.3) is 0 Å². The summed E-state index contributed by atoms with van der Waals surface area (Å²) in [6.07, 6.45) is 6.68. The van der Waals surface area contributed by atoms with Crippen LogP contribution in [0.2, 0.25) is 0 Å². The second kappa shape index (κ2) is 7.04. The lowest BCUT2D eigenvalue weighted by molar-refractivity contribution is -0.134. The van der Waals surface area contributed by atoms with Gasteiger partial charge >= 0.3 is 0 Å². The summed E-state index contributed by atoms with van der Waals surface area (Å²) in [5, 5.41) is 6.98. The molecule has 0 radical (unpaired) electrons. The zero-order valence-corrected chi connectivity index (χ0v) is 12.8. The van der Waals surface area contributed by atoms with E-state index < -0.39 is 0 Å². The SMILES string of the molecule is O=C(CN1CCCCCC1=O)Nc1ccnn1-c1ccccn1. The van der Waals surface area contributed by atoms with E-state index in [0.29, 0.717) is 24.6 Å². The van der Waals surface area contributed by atoms with Crippen LogP contribution >= 0.6 is 0 Å². The third kappa shape index (κ3) is 3.74. The number of aromatic nitrogens is 3. The van der Waals surface area contributed by atoms with E-state index in [1.54, 1.807) is 34.1 Å². The number of hydrogen-bond donors (Lipinski definition) is 1. The highest BCUT2D eigenvalue weighted by Crippen LogP contribution is 2.14. The van der Waals surface area contributed by atoms with Crippen molar-refractivity contribution in [1.29, 1.82) is 0 Å². The number of hydrogen-bond acceptors (Lipinski definition) is 4. The Morgan fingerprint density at radius 1 is 1.17 bits per heavy atom. The first-order chi connectivity index (χ1) is 11.2. The molecule has 0 spiro atoms. The quantitative estimate of drug-likeness (QED) is 0.930. The van der Waals surface area contributed by atoms with Gasteiger partial charge in [0.05, 0.1) is 12.7 Å². The van der Waals surface area contributed by atoms with Crippen molar-refractivity contribution in [1.82, 2.24) is 19.7 Å². The molecule has 1 aliphatic heterocycles. The van der Waals surface area contributed by atoms with E-state index in [1.807, 2.05) is 12.1 Å². The van der Waals surface area contributed by atoms with Gasteiger partial charge in [-0.1, -0.05) is 12.5 Å². The topological polar surface area (TPSA) is 80.1 Å². The van der Waals surface area contributed by atoms with Gasteiger partial charge < -0.3 is 10.2 Å². The van der Waals surface area contributed by atoms with Crippen molar-refractivity contribution >= 4 is 17.6 Å². The van der Waals surface area contributed by atoms with Gasteiger partial charge in [-0.15, -0.1) is 0 Å². The molecule has 2 aromatic heterocycles. The van der Waals surface area contributed by atoms with Gasteiger partial charge in [0, 0.05) is 25.2 Å². The molecule has 7 nitrogen and oxygen atoms in total. The first-order valence-electron chi connectivity index (χ1n) is 7.77. The standard InChI is InChI=1S/C16H19N5O2/c22-15(12-20-11-5-1-2-7-16(20)23)19-14-8-10-18-21(14)13-6-3-4-9-17-13/h3-4,6,8-10H,1-2,5,7,11-12H2,(H,19,22). The first kappa shape index (κ1) is 15.2. The van der Waals surface area contributed by atoms with Gasteiger partial charge in [0.1, 0.15) is 5.82 Å². The molecule has 0 bridgehead atoms. The Balaban J connectivity index is 1.67. The molecule has 1 fully saturated rings. The van der Waals surface area contributed by atoms with Crippen LogP contribution in [0, 0.1) is 0 Å². The lowest BCUT2D eigenvalue weighted by Gasteiger charge is -2.19. The van der Waals surface area contributed by atoms with Crippen LogP contribution in [0.25, 0.3) is 5.82 Å². The summed E-state index contributed by atoms with van der Waals surface area (Å²) in [7, 11) is 0. The summed E-state index contributed by atoms with van der Waals surface area (Å²) in [5.41, 5.74) is 0. The van der Waals surface area contributed by atoms with Crippen LogP contribution in [0.15, 0.2) is 36.7 Å². The molecule has 0 saturated carbocycles. The van der Waals surface area contributed by atoms with E-state index in [0.717, 1.165) is 19.3 Å². The summed E-state index contributed by atoms with van der Waals surface area (Å²) in [6, 6.07) is 7.18. The average molecular weight is 313 g/mol. The molecule has 23 heavy (non-hydrogen) atoms.